The second-order valence-electron chi connectivity index (χ2n) is 7.97. The second-order valence-corrected chi connectivity index (χ2v) is 7.97. The van der Waals surface area contributed by atoms with Crippen molar-refractivity contribution in [1.29, 1.82) is 0 Å². The first kappa shape index (κ1) is 19.8. The van der Waals surface area contributed by atoms with Crippen LogP contribution >= 0.6 is 0 Å². The largest absolute Gasteiger partial charge is 0.508 e. The van der Waals surface area contributed by atoms with E-state index in [0.717, 1.165) is 27.8 Å². The van der Waals surface area contributed by atoms with E-state index in [2.05, 4.69) is 39.8 Å². The highest BCUT2D eigenvalue weighted by Crippen LogP contribution is 2.38. The van der Waals surface area contributed by atoms with Gasteiger partial charge in [0, 0.05) is 5.92 Å². The minimum atomic E-state index is -0.0724. The highest BCUT2D eigenvalue weighted by atomic mass is 16.3. The molecule has 3 rings (SSSR count). The molecule has 0 fully saturated rings. The molecule has 3 N–H and O–H groups in total. The fourth-order valence-electron chi connectivity index (χ4n) is 3.67. The Balaban J connectivity index is 2.21. The Morgan fingerprint density at radius 1 is 0.536 bits per heavy atom. The topological polar surface area (TPSA) is 60.7 Å². The van der Waals surface area contributed by atoms with Gasteiger partial charge in [0.2, 0.25) is 0 Å². The minimum Gasteiger partial charge on any atom is -0.508 e. The van der Waals surface area contributed by atoms with Gasteiger partial charge in [0.25, 0.3) is 0 Å². The van der Waals surface area contributed by atoms with Crippen LogP contribution in [0.5, 0.6) is 17.2 Å². The van der Waals surface area contributed by atoms with Crippen LogP contribution in [0.4, 0.5) is 0 Å². The van der Waals surface area contributed by atoms with Gasteiger partial charge in [-0.1, -0.05) is 64.1 Å². The predicted molar refractivity (Wildman–Crippen MR) is 113 cm³/mol. The van der Waals surface area contributed by atoms with E-state index in [9.17, 15) is 15.3 Å². The van der Waals surface area contributed by atoms with E-state index in [-0.39, 0.29) is 23.5 Å². The third-order valence-electron chi connectivity index (χ3n) is 5.24. The second kappa shape index (κ2) is 7.97. The molecule has 146 valence electrons. The molecule has 0 saturated heterocycles. The molecule has 3 aromatic rings. The molecule has 0 aromatic heterocycles. The van der Waals surface area contributed by atoms with E-state index in [1.165, 1.54) is 0 Å². The standard InChI is InChI=1S/C25H28O3/c1-15(2)21-13-18(7-11-23(21)27)25(17-5-9-20(26)10-6-17)19-8-12-24(28)22(14-19)16(3)4/h5-16,25-28H,1-4H3. The van der Waals surface area contributed by atoms with Gasteiger partial charge in [-0.2, -0.15) is 0 Å². The van der Waals surface area contributed by atoms with Gasteiger partial charge in [0.05, 0.1) is 0 Å². The van der Waals surface area contributed by atoms with E-state index >= 15 is 0 Å². The maximum absolute atomic E-state index is 10.3. The number of rotatable bonds is 5. The van der Waals surface area contributed by atoms with Crippen molar-refractivity contribution in [2.45, 2.75) is 45.4 Å². The molecule has 3 heteroatoms. The van der Waals surface area contributed by atoms with Gasteiger partial charge in [-0.25, -0.2) is 0 Å². The van der Waals surface area contributed by atoms with Crippen LogP contribution in [-0.2, 0) is 0 Å². The SMILES string of the molecule is CC(C)c1cc(C(c2ccc(O)cc2)c2ccc(O)c(C(C)C)c2)ccc1O. The van der Waals surface area contributed by atoms with Crippen molar-refractivity contribution in [2.24, 2.45) is 0 Å². The van der Waals surface area contributed by atoms with Crippen LogP contribution in [0.15, 0.2) is 60.7 Å². The Labute approximate surface area is 166 Å². The molecule has 0 amide bonds. The smallest absolute Gasteiger partial charge is 0.119 e. The zero-order valence-electron chi connectivity index (χ0n) is 16.8. The third-order valence-corrected chi connectivity index (χ3v) is 5.24. The molecule has 0 atom stereocenters. The maximum Gasteiger partial charge on any atom is 0.119 e. The van der Waals surface area contributed by atoms with Gasteiger partial charge in [-0.15, -0.1) is 0 Å². The van der Waals surface area contributed by atoms with Gasteiger partial charge in [-0.05, 0) is 63.9 Å². The first-order valence-electron chi connectivity index (χ1n) is 9.72. The van der Waals surface area contributed by atoms with Gasteiger partial charge < -0.3 is 15.3 Å². The predicted octanol–water partition coefficient (Wildman–Crippen LogP) is 6.23. The zero-order valence-corrected chi connectivity index (χ0v) is 16.8. The first-order valence-corrected chi connectivity index (χ1v) is 9.72. The monoisotopic (exact) mass is 376 g/mol. The summed E-state index contributed by atoms with van der Waals surface area (Å²) in [6, 6.07) is 18.7. The summed E-state index contributed by atoms with van der Waals surface area (Å²) in [5.41, 5.74) is 4.98. The van der Waals surface area contributed by atoms with E-state index < -0.39 is 0 Å². The number of benzene rings is 3. The van der Waals surface area contributed by atoms with Crippen LogP contribution in [0.1, 0.15) is 73.3 Å². The van der Waals surface area contributed by atoms with Crippen molar-refractivity contribution in [3.05, 3.63) is 88.5 Å². The van der Waals surface area contributed by atoms with Crippen molar-refractivity contribution in [3.63, 3.8) is 0 Å². The van der Waals surface area contributed by atoms with E-state index in [0.29, 0.717) is 11.5 Å². The lowest BCUT2D eigenvalue weighted by atomic mass is 9.82. The molecule has 0 unspecified atom stereocenters. The summed E-state index contributed by atoms with van der Waals surface area (Å²) in [5.74, 6) is 1.16. The fourth-order valence-corrected chi connectivity index (χ4v) is 3.67. The summed E-state index contributed by atoms with van der Waals surface area (Å²) < 4.78 is 0. The summed E-state index contributed by atoms with van der Waals surface area (Å²) in [6.45, 7) is 8.25. The molecular weight excluding hydrogens is 348 g/mol. The van der Waals surface area contributed by atoms with Crippen LogP contribution in [0, 0.1) is 0 Å². The molecule has 0 radical (unpaired) electrons. The summed E-state index contributed by atoms with van der Waals surface area (Å²) in [5, 5.41) is 30.2. The average Bonchev–Trinajstić information content (AvgIpc) is 2.65. The summed E-state index contributed by atoms with van der Waals surface area (Å²) in [6.07, 6.45) is 0. The third kappa shape index (κ3) is 3.99. The Hall–Kier alpha value is -2.94. The summed E-state index contributed by atoms with van der Waals surface area (Å²) in [4.78, 5) is 0. The highest BCUT2D eigenvalue weighted by molar-refractivity contribution is 5.51. The number of aromatic hydroxyl groups is 3. The molecular formula is C25H28O3. The van der Waals surface area contributed by atoms with Crippen LogP contribution in [0.2, 0.25) is 0 Å². The lowest BCUT2D eigenvalue weighted by Crippen LogP contribution is -2.06. The van der Waals surface area contributed by atoms with Crippen molar-refractivity contribution >= 4 is 0 Å². The Kier molecular flexibility index (Phi) is 5.64. The number of hydrogen-bond acceptors (Lipinski definition) is 3. The van der Waals surface area contributed by atoms with Gasteiger partial charge in [0.15, 0.2) is 0 Å². The van der Waals surface area contributed by atoms with E-state index in [1.807, 2.05) is 24.3 Å². The lowest BCUT2D eigenvalue weighted by Gasteiger charge is -2.22. The molecule has 28 heavy (non-hydrogen) atoms. The van der Waals surface area contributed by atoms with Crippen molar-refractivity contribution in [3.8, 4) is 17.2 Å². The molecule has 0 bridgehead atoms. The van der Waals surface area contributed by atoms with Crippen LogP contribution in [0.3, 0.4) is 0 Å². The lowest BCUT2D eigenvalue weighted by molar-refractivity contribution is 0.464. The normalized spacial score (nSPS) is 11.5. The van der Waals surface area contributed by atoms with Gasteiger partial charge in [-0.3, -0.25) is 0 Å². The van der Waals surface area contributed by atoms with Gasteiger partial charge in [0.1, 0.15) is 17.2 Å². The Morgan fingerprint density at radius 2 is 0.929 bits per heavy atom. The van der Waals surface area contributed by atoms with Gasteiger partial charge >= 0.3 is 0 Å². The molecule has 0 aliphatic carbocycles. The fraction of sp³-hybridized carbons (Fsp3) is 0.280. The Bertz CT molecular complexity index is 899. The molecule has 0 spiro atoms. The minimum absolute atomic E-state index is 0.0724. The molecule has 0 saturated carbocycles. The van der Waals surface area contributed by atoms with Crippen molar-refractivity contribution in [2.75, 3.05) is 0 Å². The zero-order chi connectivity index (χ0) is 20.4. The Morgan fingerprint density at radius 3 is 1.32 bits per heavy atom. The van der Waals surface area contributed by atoms with E-state index in [1.54, 1.807) is 24.3 Å². The van der Waals surface area contributed by atoms with Crippen LogP contribution in [0.25, 0.3) is 0 Å². The van der Waals surface area contributed by atoms with Crippen molar-refractivity contribution < 1.29 is 15.3 Å². The van der Waals surface area contributed by atoms with Crippen LogP contribution in [-0.4, -0.2) is 15.3 Å². The molecule has 3 nitrogen and oxygen atoms in total. The number of phenols is 3. The quantitative estimate of drug-likeness (QED) is 0.463. The summed E-state index contributed by atoms with van der Waals surface area (Å²) >= 11 is 0. The number of hydrogen-bond donors (Lipinski definition) is 3. The molecule has 3 aromatic carbocycles. The maximum atomic E-state index is 10.3. The van der Waals surface area contributed by atoms with Crippen LogP contribution < -0.4 is 0 Å². The highest BCUT2D eigenvalue weighted by Gasteiger charge is 2.21. The first-order chi connectivity index (χ1) is 13.3. The van der Waals surface area contributed by atoms with Crippen molar-refractivity contribution in [1.82, 2.24) is 0 Å². The number of phenolic OH excluding ortho intramolecular Hbond substituents is 3. The molecule has 0 aliphatic heterocycles. The molecule has 0 aliphatic rings. The average molecular weight is 376 g/mol. The summed E-state index contributed by atoms with van der Waals surface area (Å²) in [7, 11) is 0. The van der Waals surface area contributed by atoms with E-state index in [4.69, 9.17) is 0 Å². The molecule has 0 heterocycles.